The van der Waals surface area contributed by atoms with E-state index in [2.05, 4.69) is 0 Å². The van der Waals surface area contributed by atoms with Gasteiger partial charge in [-0.25, -0.2) is 0 Å². The molecule has 0 fully saturated rings. The number of nitrogens with two attached hydrogens (primary N) is 1. The monoisotopic (exact) mass is 244 g/mol. The molecule has 0 aromatic rings. The Bertz CT molecular complexity index is 271. The summed E-state index contributed by atoms with van der Waals surface area (Å²) in [5, 5.41) is 8.68. The van der Waals surface area contributed by atoms with Crippen LogP contribution in [0.25, 0.3) is 0 Å². The second-order valence-corrected chi connectivity index (χ2v) is 5.20. The fraction of sp³-hybridized carbons (Fsp3) is 0.833. The minimum atomic E-state index is -0.906. The first-order valence-corrected chi connectivity index (χ1v) is 5.99. The highest BCUT2D eigenvalue weighted by molar-refractivity contribution is 5.82. The molecule has 0 aliphatic rings. The van der Waals surface area contributed by atoms with E-state index >= 15 is 0 Å². The van der Waals surface area contributed by atoms with E-state index in [-0.39, 0.29) is 18.9 Å². The molecule has 0 aromatic carbocycles. The van der Waals surface area contributed by atoms with Crippen LogP contribution in [0.4, 0.5) is 0 Å². The Morgan fingerprint density at radius 3 is 2.24 bits per heavy atom. The van der Waals surface area contributed by atoms with Gasteiger partial charge in [0.05, 0.1) is 12.5 Å². The molecule has 17 heavy (non-hydrogen) atoms. The van der Waals surface area contributed by atoms with Crippen molar-refractivity contribution in [3.63, 3.8) is 0 Å². The van der Waals surface area contributed by atoms with E-state index in [0.29, 0.717) is 6.42 Å². The molecular formula is C12H24N2O3. The molecule has 5 nitrogen and oxygen atoms in total. The molecule has 5 heteroatoms. The van der Waals surface area contributed by atoms with Gasteiger partial charge in [-0.2, -0.15) is 0 Å². The average Bonchev–Trinajstić information content (AvgIpc) is 2.15. The van der Waals surface area contributed by atoms with Crippen molar-refractivity contribution in [1.82, 2.24) is 4.90 Å². The molecule has 1 amide bonds. The second kappa shape index (κ2) is 6.59. The van der Waals surface area contributed by atoms with Gasteiger partial charge >= 0.3 is 5.97 Å². The molecule has 0 spiro atoms. The number of carbonyl (C=O) groups is 2. The van der Waals surface area contributed by atoms with Crippen LogP contribution in [-0.2, 0) is 9.59 Å². The Morgan fingerprint density at radius 2 is 1.88 bits per heavy atom. The largest absolute Gasteiger partial charge is 0.481 e. The van der Waals surface area contributed by atoms with Crippen LogP contribution >= 0.6 is 0 Å². The molecule has 0 radical (unpaired) electrons. The highest BCUT2D eigenvalue weighted by Crippen LogP contribution is 2.16. The number of hydrogen-bond donors (Lipinski definition) is 2. The van der Waals surface area contributed by atoms with Gasteiger partial charge in [0.15, 0.2) is 0 Å². The normalized spacial score (nSPS) is 13.2. The van der Waals surface area contributed by atoms with E-state index in [1.807, 2.05) is 27.7 Å². The van der Waals surface area contributed by atoms with Crippen LogP contribution < -0.4 is 5.73 Å². The van der Waals surface area contributed by atoms with Gasteiger partial charge in [-0.05, 0) is 27.2 Å². The first kappa shape index (κ1) is 15.9. The first-order chi connectivity index (χ1) is 7.70. The molecule has 0 aliphatic heterocycles. The number of carboxylic acid groups (broad SMARTS) is 1. The molecule has 0 rings (SSSR count). The number of hydrogen-bond acceptors (Lipinski definition) is 3. The number of nitrogens with zero attached hydrogens (tertiary/aromatic N) is 1. The number of amides is 1. The maximum Gasteiger partial charge on any atom is 0.305 e. The van der Waals surface area contributed by atoms with Crippen molar-refractivity contribution in [2.45, 2.75) is 58.5 Å². The number of aliphatic carboxylic acids is 1. The predicted octanol–water partition coefficient (Wildman–Crippen LogP) is 1.22. The molecule has 3 N–H and O–H groups in total. The lowest BCUT2D eigenvalue weighted by molar-refractivity contribution is -0.141. The van der Waals surface area contributed by atoms with Crippen LogP contribution in [0.2, 0.25) is 0 Å². The highest BCUT2D eigenvalue weighted by Gasteiger charge is 2.29. The van der Waals surface area contributed by atoms with Crippen molar-refractivity contribution in [2.24, 2.45) is 5.73 Å². The molecule has 0 saturated heterocycles. The van der Waals surface area contributed by atoms with Crippen LogP contribution in [0.15, 0.2) is 0 Å². The van der Waals surface area contributed by atoms with Crippen LogP contribution in [0.1, 0.15) is 47.0 Å². The van der Waals surface area contributed by atoms with E-state index in [4.69, 9.17) is 10.8 Å². The van der Waals surface area contributed by atoms with Gasteiger partial charge in [0.1, 0.15) is 0 Å². The number of carbonyl (C=O) groups excluding carboxylic acids is 1. The Morgan fingerprint density at radius 1 is 1.35 bits per heavy atom. The van der Waals surface area contributed by atoms with Crippen molar-refractivity contribution in [1.29, 1.82) is 0 Å². The Balaban J connectivity index is 4.68. The lowest BCUT2D eigenvalue weighted by Gasteiger charge is -2.37. The summed E-state index contributed by atoms with van der Waals surface area (Å²) in [7, 11) is 0. The van der Waals surface area contributed by atoms with Crippen LogP contribution in [0.5, 0.6) is 0 Å². The van der Waals surface area contributed by atoms with Crippen molar-refractivity contribution >= 4 is 11.9 Å². The molecule has 0 bridgehead atoms. The zero-order valence-electron chi connectivity index (χ0n) is 11.2. The maximum absolute atomic E-state index is 12.1. The topological polar surface area (TPSA) is 83.6 Å². The molecule has 0 aromatic heterocycles. The first-order valence-electron chi connectivity index (χ1n) is 5.99. The summed E-state index contributed by atoms with van der Waals surface area (Å²) < 4.78 is 0. The number of rotatable bonds is 6. The van der Waals surface area contributed by atoms with E-state index < -0.39 is 17.6 Å². The molecular weight excluding hydrogens is 220 g/mol. The SMILES string of the molecule is CCC[C@@H](N)C(=O)N(CCC(=O)O)C(C)(C)C. The van der Waals surface area contributed by atoms with Crippen molar-refractivity contribution in [3.05, 3.63) is 0 Å². The highest BCUT2D eigenvalue weighted by atomic mass is 16.4. The second-order valence-electron chi connectivity index (χ2n) is 5.20. The molecule has 0 unspecified atom stereocenters. The van der Waals surface area contributed by atoms with Gasteiger partial charge in [-0.1, -0.05) is 13.3 Å². The third-order valence-electron chi connectivity index (χ3n) is 2.54. The van der Waals surface area contributed by atoms with Crippen LogP contribution in [0.3, 0.4) is 0 Å². The van der Waals surface area contributed by atoms with Gasteiger partial charge in [0, 0.05) is 12.1 Å². The van der Waals surface area contributed by atoms with Crippen LogP contribution in [0, 0.1) is 0 Å². The van der Waals surface area contributed by atoms with Gasteiger partial charge in [0.2, 0.25) is 5.91 Å². The van der Waals surface area contributed by atoms with Crippen LogP contribution in [-0.4, -0.2) is 40.0 Å². The smallest absolute Gasteiger partial charge is 0.305 e. The van der Waals surface area contributed by atoms with E-state index in [0.717, 1.165) is 6.42 Å². The molecule has 0 aliphatic carbocycles. The maximum atomic E-state index is 12.1. The summed E-state index contributed by atoms with van der Waals surface area (Å²) in [5.74, 6) is -1.07. The predicted molar refractivity (Wildman–Crippen MR) is 66.6 cm³/mol. The van der Waals surface area contributed by atoms with Gasteiger partial charge < -0.3 is 15.7 Å². The van der Waals surface area contributed by atoms with Crippen molar-refractivity contribution < 1.29 is 14.7 Å². The summed E-state index contributed by atoms with van der Waals surface area (Å²) in [6.07, 6.45) is 1.41. The Kier molecular flexibility index (Phi) is 6.16. The standard InChI is InChI=1S/C12H24N2O3/c1-5-6-9(13)11(17)14(12(2,3)4)8-7-10(15)16/h9H,5-8,13H2,1-4H3,(H,15,16)/t9-/m1/s1. The fourth-order valence-corrected chi connectivity index (χ4v) is 1.62. The zero-order valence-corrected chi connectivity index (χ0v) is 11.2. The lowest BCUT2D eigenvalue weighted by Crippen LogP contribution is -2.52. The molecule has 0 saturated carbocycles. The third kappa shape index (κ3) is 5.68. The summed E-state index contributed by atoms with van der Waals surface area (Å²) in [4.78, 5) is 24.2. The van der Waals surface area contributed by atoms with Gasteiger partial charge in [-0.15, -0.1) is 0 Å². The minimum Gasteiger partial charge on any atom is -0.481 e. The summed E-state index contributed by atoms with van der Waals surface area (Å²) in [5.41, 5.74) is 5.39. The third-order valence-corrected chi connectivity index (χ3v) is 2.54. The summed E-state index contributed by atoms with van der Waals surface area (Å²) >= 11 is 0. The molecule has 100 valence electrons. The van der Waals surface area contributed by atoms with Gasteiger partial charge in [-0.3, -0.25) is 9.59 Å². The quantitative estimate of drug-likeness (QED) is 0.735. The Hall–Kier alpha value is -1.10. The lowest BCUT2D eigenvalue weighted by atomic mass is 10.0. The van der Waals surface area contributed by atoms with Gasteiger partial charge in [0.25, 0.3) is 0 Å². The summed E-state index contributed by atoms with van der Waals surface area (Å²) in [6.45, 7) is 7.81. The molecule has 0 heterocycles. The Labute approximate surface area is 103 Å². The zero-order chi connectivity index (χ0) is 13.6. The van der Waals surface area contributed by atoms with E-state index in [1.165, 1.54) is 0 Å². The van der Waals surface area contributed by atoms with E-state index in [9.17, 15) is 9.59 Å². The van der Waals surface area contributed by atoms with Crippen molar-refractivity contribution in [2.75, 3.05) is 6.54 Å². The van der Waals surface area contributed by atoms with E-state index in [1.54, 1.807) is 4.90 Å². The summed E-state index contributed by atoms with van der Waals surface area (Å²) in [6, 6.07) is -0.534. The fourth-order valence-electron chi connectivity index (χ4n) is 1.62. The van der Waals surface area contributed by atoms with Crippen molar-refractivity contribution in [3.8, 4) is 0 Å². The average molecular weight is 244 g/mol. The minimum absolute atomic E-state index is 0.0537. The number of carboxylic acids is 1. The molecule has 1 atom stereocenters.